The van der Waals surface area contributed by atoms with Crippen molar-refractivity contribution in [2.45, 2.75) is 32.2 Å². The molecule has 5 rings (SSSR count). The molecule has 0 radical (unpaired) electrons. The molecule has 6 nitrogen and oxygen atoms in total. The van der Waals surface area contributed by atoms with Gasteiger partial charge in [0.05, 0.1) is 11.4 Å². The number of aryl methyl sites for hydroxylation is 2. The Balaban J connectivity index is 1.47. The van der Waals surface area contributed by atoms with Crippen LogP contribution in [0.1, 0.15) is 35.7 Å². The van der Waals surface area contributed by atoms with Gasteiger partial charge in [0, 0.05) is 43.4 Å². The summed E-state index contributed by atoms with van der Waals surface area (Å²) in [5.74, 6) is 1.15. The number of benzene rings is 2. The summed E-state index contributed by atoms with van der Waals surface area (Å²) in [6.45, 7) is 4.77. The Morgan fingerprint density at radius 3 is 2.78 bits per heavy atom. The van der Waals surface area contributed by atoms with E-state index in [0.29, 0.717) is 5.92 Å². The largest absolute Gasteiger partial charge is 0.320 e. The van der Waals surface area contributed by atoms with E-state index in [2.05, 4.69) is 40.4 Å². The summed E-state index contributed by atoms with van der Waals surface area (Å²) in [7, 11) is 2.00. The van der Waals surface area contributed by atoms with Crippen LogP contribution in [-0.4, -0.2) is 42.5 Å². The normalized spacial score (nSPS) is 17.0. The highest BCUT2D eigenvalue weighted by molar-refractivity contribution is 5.63. The number of hydrogen-bond donors (Lipinski definition) is 0. The van der Waals surface area contributed by atoms with Gasteiger partial charge in [-0.3, -0.25) is 4.90 Å². The number of rotatable bonds is 5. The molecule has 32 heavy (non-hydrogen) atoms. The first-order chi connectivity index (χ1) is 15.6. The first-order valence-electron chi connectivity index (χ1n) is 11.0. The Hall–Kier alpha value is -3.32. The fraction of sp³-hybridized carbons (Fsp3) is 0.320. The lowest BCUT2D eigenvalue weighted by Gasteiger charge is -2.32. The van der Waals surface area contributed by atoms with Crippen LogP contribution in [-0.2, 0) is 13.6 Å². The molecule has 1 aliphatic heterocycles. The van der Waals surface area contributed by atoms with Gasteiger partial charge in [0.2, 0.25) is 0 Å². The third-order valence-corrected chi connectivity index (χ3v) is 6.17. The molecule has 164 valence electrons. The molecule has 0 bridgehead atoms. The van der Waals surface area contributed by atoms with Crippen LogP contribution >= 0.6 is 0 Å². The van der Waals surface area contributed by atoms with Crippen molar-refractivity contribution in [3.63, 3.8) is 0 Å². The maximum absolute atomic E-state index is 14.0. The minimum Gasteiger partial charge on any atom is -0.320 e. The molecule has 0 aliphatic carbocycles. The quantitative estimate of drug-likeness (QED) is 0.468. The molecule has 1 fully saturated rings. The monoisotopic (exact) mass is 430 g/mol. The van der Waals surface area contributed by atoms with E-state index >= 15 is 0 Å². The SMILES string of the molecule is Cc1cccc(-n2cc(CN3CCC[C@H](c4nncn4C)C3)c(-c3cccc(F)c3)n2)c1. The lowest BCUT2D eigenvalue weighted by molar-refractivity contribution is 0.195. The third-order valence-electron chi connectivity index (χ3n) is 6.17. The molecule has 0 saturated carbocycles. The highest BCUT2D eigenvalue weighted by Crippen LogP contribution is 2.30. The molecule has 3 heterocycles. The van der Waals surface area contributed by atoms with Crippen LogP contribution in [0.5, 0.6) is 0 Å². The van der Waals surface area contributed by atoms with E-state index in [-0.39, 0.29) is 5.82 Å². The molecular formula is C25H27FN6. The Kier molecular flexibility index (Phi) is 5.57. The standard InChI is InChI=1S/C25H27FN6/c1-18-6-3-10-23(12-18)32-16-21(24(29-32)19-7-4-9-22(26)13-19)15-31-11-5-8-20(14-31)25-28-27-17-30(25)2/h3-4,6-7,9-10,12-13,16-17,20H,5,8,11,14-15H2,1-2H3/t20-/m0/s1. The van der Waals surface area contributed by atoms with Crippen molar-refractivity contribution in [2.24, 2.45) is 7.05 Å². The molecule has 2 aromatic carbocycles. The molecule has 7 heteroatoms. The fourth-order valence-electron chi connectivity index (χ4n) is 4.62. The predicted molar refractivity (Wildman–Crippen MR) is 122 cm³/mol. The van der Waals surface area contributed by atoms with Crippen LogP contribution in [0.3, 0.4) is 0 Å². The molecule has 1 aliphatic rings. The lowest BCUT2D eigenvalue weighted by atomic mass is 9.96. The van der Waals surface area contributed by atoms with Crippen LogP contribution in [0.25, 0.3) is 16.9 Å². The van der Waals surface area contributed by atoms with Gasteiger partial charge in [0.1, 0.15) is 18.0 Å². The average Bonchev–Trinajstić information content (AvgIpc) is 3.40. The van der Waals surface area contributed by atoms with Crippen molar-refractivity contribution >= 4 is 0 Å². The van der Waals surface area contributed by atoms with Gasteiger partial charge >= 0.3 is 0 Å². The molecular weight excluding hydrogens is 403 g/mol. The van der Waals surface area contributed by atoms with Gasteiger partial charge in [-0.2, -0.15) is 5.10 Å². The topological polar surface area (TPSA) is 51.8 Å². The summed E-state index contributed by atoms with van der Waals surface area (Å²) >= 11 is 0. The lowest BCUT2D eigenvalue weighted by Crippen LogP contribution is -2.34. The smallest absolute Gasteiger partial charge is 0.136 e. The van der Waals surface area contributed by atoms with Gasteiger partial charge in [-0.1, -0.05) is 24.3 Å². The van der Waals surface area contributed by atoms with Crippen molar-refractivity contribution in [1.82, 2.24) is 29.4 Å². The Morgan fingerprint density at radius 1 is 1.12 bits per heavy atom. The maximum atomic E-state index is 14.0. The molecule has 4 aromatic rings. The second kappa shape index (κ2) is 8.67. The minimum absolute atomic E-state index is 0.251. The summed E-state index contributed by atoms with van der Waals surface area (Å²) in [4.78, 5) is 2.45. The zero-order valence-corrected chi connectivity index (χ0v) is 18.4. The van der Waals surface area contributed by atoms with Crippen LogP contribution < -0.4 is 0 Å². The third kappa shape index (κ3) is 4.21. The molecule has 1 atom stereocenters. The van der Waals surface area contributed by atoms with E-state index in [1.54, 1.807) is 18.5 Å². The molecule has 1 saturated heterocycles. The number of likely N-dealkylation sites (tertiary alicyclic amines) is 1. The molecule has 2 aromatic heterocycles. The zero-order valence-electron chi connectivity index (χ0n) is 18.4. The first kappa shape index (κ1) is 20.6. The van der Waals surface area contributed by atoms with E-state index in [9.17, 15) is 4.39 Å². The molecule has 0 unspecified atom stereocenters. The number of hydrogen-bond acceptors (Lipinski definition) is 4. The minimum atomic E-state index is -0.251. The van der Waals surface area contributed by atoms with Crippen LogP contribution in [0.15, 0.2) is 61.1 Å². The van der Waals surface area contributed by atoms with Crippen molar-refractivity contribution in [1.29, 1.82) is 0 Å². The number of halogens is 1. The summed E-state index contributed by atoms with van der Waals surface area (Å²) in [5, 5.41) is 13.3. The van der Waals surface area contributed by atoms with Gasteiger partial charge in [0.15, 0.2) is 0 Å². The van der Waals surface area contributed by atoms with Crippen LogP contribution in [0, 0.1) is 12.7 Å². The van der Waals surface area contributed by atoms with E-state index in [4.69, 9.17) is 5.10 Å². The Labute approximate surface area is 187 Å². The Bertz CT molecular complexity index is 1230. The second-order valence-electron chi connectivity index (χ2n) is 8.67. The van der Waals surface area contributed by atoms with Gasteiger partial charge in [-0.25, -0.2) is 9.07 Å². The van der Waals surface area contributed by atoms with Crippen molar-refractivity contribution in [3.8, 4) is 16.9 Å². The van der Waals surface area contributed by atoms with E-state index in [1.165, 1.54) is 11.6 Å². The summed E-state index contributed by atoms with van der Waals surface area (Å²) < 4.78 is 17.9. The maximum Gasteiger partial charge on any atom is 0.136 e. The predicted octanol–water partition coefficient (Wildman–Crippen LogP) is 4.49. The van der Waals surface area contributed by atoms with Crippen molar-refractivity contribution in [3.05, 3.63) is 83.8 Å². The number of aromatic nitrogens is 5. The number of nitrogens with zero attached hydrogens (tertiary/aromatic N) is 6. The summed E-state index contributed by atoms with van der Waals surface area (Å²) in [6.07, 6.45) is 6.07. The molecule has 0 N–H and O–H groups in total. The van der Waals surface area contributed by atoms with E-state index in [0.717, 1.165) is 60.8 Å². The average molecular weight is 431 g/mol. The van der Waals surface area contributed by atoms with Crippen molar-refractivity contribution < 1.29 is 4.39 Å². The van der Waals surface area contributed by atoms with Crippen molar-refractivity contribution in [2.75, 3.05) is 13.1 Å². The zero-order chi connectivity index (χ0) is 22.1. The second-order valence-corrected chi connectivity index (χ2v) is 8.67. The molecule has 0 amide bonds. The molecule has 0 spiro atoms. The van der Waals surface area contributed by atoms with Gasteiger partial charge < -0.3 is 4.57 Å². The number of piperidine rings is 1. The van der Waals surface area contributed by atoms with E-state index < -0.39 is 0 Å². The van der Waals surface area contributed by atoms with E-state index in [1.807, 2.05) is 34.5 Å². The fourth-order valence-corrected chi connectivity index (χ4v) is 4.62. The van der Waals surface area contributed by atoms with Crippen LogP contribution in [0.4, 0.5) is 4.39 Å². The van der Waals surface area contributed by atoms with Gasteiger partial charge in [-0.05, 0) is 56.1 Å². The Morgan fingerprint density at radius 2 is 2.00 bits per heavy atom. The summed E-state index contributed by atoms with van der Waals surface area (Å²) in [6, 6.07) is 15.0. The summed E-state index contributed by atoms with van der Waals surface area (Å²) in [5.41, 5.74) is 4.90. The van der Waals surface area contributed by atoms with Crippen LogP contribution in [0.2, 0.25) is 0 Å². The van der Waals surface area contributed by atoms with Gasteiger partial charge in [-0.15, -0.1) is 10.2 Å². The highest BCUT2D eigenvalue weighted by atomic mass is 19.1. The highest BCUT2D eigenvalue weighted by Gasteiger charge is 2.26. The first-order valence-corrected chi connectivity index (χ1v) is 11.0. The van der Waals surface area contributed by atoms with Gasteiger partial charge in [0.25, 0.3) is 0 Å².